The van der Waals surface area contributed by atoms with Gasteiger partial charge in [-0.15, -0.1) is 11.3 Å². The standard InChI is InChI=1S/C15H21N3OS/c1-9-4-5-11-12(6-9)20-15-13(11)14(16-8-17-15)18-10(2)7-19-3/h8-10H,4-7H2,1-3H3,(H,16,17,18)/t9-,10+/m0/s1. The Morgan fingerprint density at radius 2 is 2.35 bits per heavy atom. The van der Waals surface area contributed by atoms with Crippen molar-refractivity contribution in [3.8, 4) is 0 Å². The van der Waals surface area contributed by atoms with Crippen LogP contribution in [0.2, 0.25) is 0 Å². The lowest BCUT2D eigenvalue weighted by atomic mass is 9.89. The van der Waals surface area contributed by atoms with Crippen LogP contribution < -0.4 is 5.32 Å². The van der Waals surface area contributed by atoms with Crippen LogP contribution in [0.25, 0.3) is 10.2 Å². The molecule has 3 rings (SSSR count). The van der Waals surface area contributed by atoms with Gasteiger partial charge in [0.15, 0.2) is 0 Å². The van der Waals surface area contributed by atoms with E-state index in [4.69, 9.17) is 4.74 Å². The number of ether oxygens (including phenoxy) is 1. The minimum Gasteiger partial charge on any atom is -0.383 e. The summed E-state index contributed by atoms with van der Waals surface area (Å²) in [5, 5.41) is 4.70. The zero-order valence-corrected chi connectivity index (χ0v) is 13.1. The third-order valence-electron chi connectivity index (χ3n) is 3.89. The van der Waals surface area contributed by atoms with Gasteiger partial charge in [-0.1, -0.05) is 6.92 Å². The van der Waals surface area contributed by atoms with Crippen LogP contribution in [0.3, 0.4) is 0 Å². The van der Waals surface area contributed by atoms with Crippen molar-refractivity contribution in [3.05, 3.63) is 16.8 Å². The molecule has 2 aromatic heterocycles. The molecule has 108 valence electrons. The number of aromatic nitrogens is 2. The maximum atomic E-state index is 5.19. The first kappa shape index (κ1) is 13.8. The Labute approximate surface area is 123 Å². The van der Waals surface area contributed by atoms with E-state index in [2.05, 4.69) is 29.1 Å². The van der Waals surface area contributed by atoms with Crippen LogP contribution in [0.4, 0.5) is 5.82 Å². The van der Waals surface area contributed by atoms with Crippen LogP contribution >= 0.6 is 11.3 Å². The largest absolute Gasteiger partial charge is 0.383 e. The highest BCUT2D eigenvalue weighted by atomic mass is 32.1. The van der Waals surface area contributed by atoms with E-state index in [1.807, 2.05) is 11.3 Å². The first-order valence-electron chi connectivity index (χ1n) is 7.19. The van der Waals surface area contributed by atoms with E-state index in [0.29, 0.717) is 6.61 Å². The average Bonchev–Trinajstić information content (AvgIpc) is 2.77. The predicted molar refractivity (Wildman–Crippen MR) is 83.6 cm³/mol. The van der Waals surface area contributed by atoms with Gasteiger partial charge < -0.3 is 10.1 Å². The van der Waals surface area contributed by atoms with Crippen LogP contribution in [-0.2, 0) is 17.6 Å². The van der Waals surface area contributed by atoms with Gasteiger partial charge in [-0.25, -0.2) is 9.97 Å². The molecule has 2 aromatic rings. The lowest BCUT2D eigenvalue weighted by Gasteiger charge is -2.19. The van der Waals surface area contributed by atoms with Gasteiger partial charge in [0.05, 0.1) is 12.0 Å². The number of fused-ring (bicyclic) bond motifs is 3. The second-order valence-electron chi connectivity index (χ2n) is 5.75. The Balaban J connectivity index is 2.00. The lowest BCUT2D eigenvalue weighted by Crippen LogP contribution is -2.21. The SMILES string of the molecule is COC[C@@H](C)Nc1ncnc2sc3c(c12)CC[C@H](C)C3. The van der Waals surface area contributed by atoms with Gasteiger partial charge in [-0.05, 0) is 37.7 Å². The summed E-state index contributed by atoms with van der Waals surface area (Å²) >= 11 is 1.84. The zero-order chi connectivity index (χ0) is 14.1. The molecule has 0 unspecified atom stereocenters. The van der Waals surface area contributed by atoms with Crippen molar-refractivity contribution >= 4 is 27.4 Å². The molecule has 0 saturated carbocycles. The van der Waals surface area contributed by atoms with E-state index in [1.54, 1.807) is 13.4 Å². The fourth-order valence-corrected chi connectivity index (χ4v) is 4.26. The highest BCUT2D eigenvalue weighted by molar-refractivity contribution is 7.19. The highest BCUT2D eigenvalue weighted by Crippen LogP contribution is 2.39. The molecule has 20 heavy (non-hydrogen) atoms. The zero-order valence-electron chi connectivity index (χ0n) is 12.3. The maximum absolute atomic E-state index is 5.19. The Hall–Kier alpha value is -1.20. The highest BCUT2D eigenvalue weighted by Gasteiger charge is 2.23. The molecule has 0 amide bonds. The molecule has 0 bridgehead atoms. The summed E-state index contributed by atoms with van der Waals surface area (Å²) in [7, 11) is 1.72. The van der Waals surface area contributed by atoms with Crippen molar-refractivity contribution in [2.45, 2.75) is 39.2 Å². The molecule has 4 nitrogen and oxygen atoms in total. The van der Waals surface area contributed by atoms with E-state index >= 15 is 0 Å². The molecule has 0 radical (unpaired) electrons. The minimum atomic E-state index is 0.246. The second kappa shape index (κ2) is 5.66. The summed E-state index contributed by atoms with van der Waals surface area (Å²) in [5.41, 5.74) is 1.47. The summed E-state index contributed by atoms with van der Waals surface area (Å²) in [6, 6.07) is 0.246. The Morgan fingerprint density at radius 3 is 3.15 bits per heavy atom. The number of hydrogen-bond acceptors (Lipinski definition) is 5. The number of nitrogens with one attached hydrogen (secondary N) is 1. The van der Waals surface area contributed by atoms with Crippen molar-refractivity contribution in [1.82, 2.24) is 9.97 Å². The van der Waals surface area contributed by atoms with E-state index in [1.165, 1.54) is 28.7 Å². The third kappa shape index (κ3) is 2.52. The van der Waals surface area contributed by atoms with Crippen LogP contribution in [0.1, 0.15) is 30.7 Å². The van der Waals surface area contributed by atoms with Gasteiger partial charge in [0, 0.05) is 18.0 Å². The van der Waals surface area contributed by atoms with E-state index in [-0.39, 0.29) is 6.04 Å². The molecule has 1 aliphatic carbocycles. The quantitative estimate of drug-likeness (QED) is 0.939. The Morgan fingerprint density at radius 1 is 1.50 bits per heavy atom. The van der Waals surface area contributed by atoms with Crippen LogP contribution in [0.15, 0.2) is 6.33 Å². The molecule has 0 spiro atoms. The molecule has 1 N–H and O–H groups in total. The van der Waals surface area contributed by atoms with Gasteiger partial charge in [-0.3, -0.25) is 0 Å². The van der Waals surface area contributed by atoms with Gasteiger partial charge in [0.1, 0.15) is 17.0 Å². The molecule has 1 aliphatic rings. The van der Waals surface area contributed by atoms with E-state index in [0.717, 1.165) is 23.0 Å². The van der Waals surface area contributed by atoms with Crippen LogP contribution in [-0.4, -0.2) is 29.7 Å². The molecule has 5 heteroatoms. The first-order valence-corrected chi connectivity index (χ1v) is 8.01. The maximum Gasteiger partial charge on any atom is 0.138 e. The fraction of sp³-hybridized carbons (Fsp3) is 0.600. The molecule has 0 aromatic carbocycles. The number of rotatable bonds is 4. The van der Waals surface area contributed by atoms with Crippen molar-refractivity contribution in [2.75, 3.05) is 19.0 Å². The van der Waals surface area contributed by atoms with Gasteiger partial charge in [0.2, 0.25) is 0 Å². The predicted octanol–water partition coefficient (Wildman–Crippen LogP) is 3.26. The van der Waals surface area contributed by atoms with Gasteiger partial charge in [-0.2, -0.15) is 0 Å². The van der Waals surface area contributed by atoms with Crippen molar-refractivity contribution in [1.29, 1.82) is 0 Å². The number of nitrogens with zero attached hydrogens (tertiary/aromatic N) is 2. The molecule has 0 saturated heterocycles. The van der Waals surface area contributed by atoms with Crippen molar-refractivity contribution < 1.29 is 4.74 Å². The van der Waals surface area contributed by atoms with E-state index < -0.39 is 0 Å². The molecular formula is C15H21N3OS. The number of thiophene rings is 1. The van der Waals surface area contributed by atoms with Crippen molar-refractivity contribution in [2.24, 2.45) is 5.92 Å². The molecule has 0 fully saturated rings. The van der Waals surface area contributed by atoms with Crippen molar-refractivity contribution in [3.63, 3.8) is 0 Å². The third-order valence-corrected chi connectivity index (χ3v) is 5.05. The second-order valence-corrected chi connectivity index (χ2v) is 6.84. The monoisotopic (exact) mass is 291 g/mol. The summed E-state index contributed by atoms with van der Waals surface area (Å²) in [5.74, 6) is 1.75. The smallest absolute Gasteiger partial charge is 0.138 e. The average molecular weight is 291 g/mol. The number of hydrogen-bond donors (Lipinski definition) is 1. The van der Waals surface area contributed by atoms with E-state index in [9.17, 15) is 0 Å². The normalized spacial score (nSPS) is 19.9. The Bertz CT molecular complexity index is 610. The summed E-state index contributed by atoms with van der Waals surface area (Å²) in [6.45, 7) is 5.12. The molecule has 2 heterocycles. The minimum absolute atomic E-state index is 0.246. The fourth-order valence-electron chi connectivity index (χ4n) is 2.91. The summed E-state index contributed by atoms with van der Waals surface area (Å²) in [4.78, 5) is 11.5. The molecule has 2 atom stereocenters. The van der Waals surface area contributed by atoms with Crippen LogP contribution in [0, 0.1) is 5.92 Å². The summed E-state index contributed by atoms with van der Waals surface area (Å²) in [6.07, 6.45) is 5.26. The number of aryl methyl sites for hydroxylation is 1. The number of methoxy groups -OCH3 is 1. The number of anilines is 1. The van der Waals surface area contributed by atoms with Gasteiger partial charge in [0.25, 0.3) is 0 Å². The topological polar surface area (TPSA) is 47.0 Å². The molecular weight excluding hydrogens is 270 g/mol. The van der Waals surface area contributed by atoms with Crippen LogP contribution in [0.5, 0.6) is 0 Å². The lowest BCUT2D eigenvalue weighted by molar-refractivity contribution is 0.190. The first-order chi connectivity index (χ1) is 9.69. The Kier molecular flexibility index (Phi) is 3.89. The summed E-state index contributed by atoms with van der Waals surface area (Å²) < 4.78 is 5.19. The van der Waals surface area contributed by atoms with Gasteiger partial charge >= 0.3 is 0 Å². The molecule has 0 aliphatic heterocycles.